The van der Waals surface area contributed by atoms with Crippen LogP contribution in [-0.2, 0) is 0 Å². The zero-order valence-electron chi connectivity index (χ0n) is 15.9. The quantitative estimate of drug-likeness (QED) is 0.704. The summed E-state index contributed by atoms with van der Waals surface area (Å²) in [6, 6.07) is 11.7. The average molecular weight is 394 g/mol. The molecule has 3 aromatic rings. The van der Waals surface area contributed by atoms with Crippen molar-refractivity contribution in [1.82, 2.24) is 15.2 Å². The summed E-state index contributed by atoms with van der Waals surface area (Å²) < 4.78 is 0. The van der Waals surface area contributed by atoms with Gasteiger partial charge in [0.15, 0.2) is 5.82 Å². The Hall–Kier alpha value is -2.80. The lowest BCUT2D eigenvalue weighted by atomic mass is 10.1. The molecule has 0 aliphatic carbocycles. The molecule has 144 valence electrons. The number of thiazole rings is 1. The molecular formula is C21H23N5OS. The van der Waals surface area contributed by atoms with Crippen molar-refractivity contribution in [3.05, 3.63) is 52.5 Å². The Labute approximate surface area is 168 Å². The van der Waals surface area contributed by atoms with Crippen molar-refractivity contribution in [2.24, 2.45) is 0 Å². The minimum atomic E-state index is -0.196. The van der Waals surface area contributed by atoms with Gasteiger partial charge in [0.2, 0.25) is 0 Å². The highest BCUT2D eigenvalue weighted by atomic mass is 32.1. The number of amides is 1. The summed E-state index contributed by atoms with van der Waals surface area (Å²) in [4.78, 5) is 18.7. The topological polar surface area (TPSA) is 71.0 Å². The Bertz CT molecular complexity index is 928. The van der Waals surface area contributed by atoms with E-state index in [1.54, 1.807) is 5.38 Å². The molecule has 6 nitrogen and oxygen atoms in total. The van der Waals surface area contributed by atoms with Crippen molar-refractivity contribution in [2.75, 3.05) is 23.3 Å². The predicted molar refractivity (Wildman–Crippen MR) is 113 cm³/mol. The first kappa shape index (κ1) is 18.6. The van der Waals surface area contributed by atoms with Gasteiger partial charge in [-0.05, 0) is 44.0 Å². The Morgan fingerprint density at radius 2 is 1.75 bits per heavy atom. The summed E-state index contributed by atoms with van der Waals surface area (Å²) in [6.45, 7) is 4.00. The van der Waals surface area contributed by atoms with E-state index in [2.05, 4.69) is 25.4 Å². The van der Waals surface area contributed by atoms with Gasteiger partial charge in [-0.2, -0.15) is 0 Å². The number of benzene rings is 1. The number of hydrogen-bond donors (Lipinski definition) is 1. The van der Waals surface area contributed by atoms with Crippen LogP contribution in [-0.4, -0.2) is 34.2 Å². The van der Waals surface area contributed by atoms with Crippen LogP contribution in [0.1, 0.15) is 41.2 Å². The molecule has 1 aliphatic heterocycles. The van der Waals surface area contributed by atoms with Crippen molar-refractivity contribution < 1.29 is 4.79 Å². The van der Waals surface area contributed by atoms with Crippen molar-refractivity contribution in [3.63, 3.8) is 0 Å². The Morgan fingerprint density at radius 1 is 1.00 bits per heavy atom. The van der Waals surface area contributed by atoms with E-state index in [1.165, 1.54) is 37.0 Å². The number of aromatic nitrogens is 3. The number of rotatable bonds is 4. The molecule has 0 atom stereocenters. The predicted octanol–water partition coefficient (Wildman–Crippen LogP) is 4.54. The van der Waals surface area contributed by atoms with Crippen LogP contribution in [0, 0.1) is 6.92 Å². The summed E-state index contributed by atoms with van der Waals surface area (Å²) >= 11 is 1.46. The third-order valence-electron chi connectivity index (χ3n) is 4.87. The molecule has 4 rings (SSSR count). The molecule has 1 aliphatic rings. The second kappa shape index (κ2) is 8.48. The fourth-order valence-electron chi connectivity index (χ4n) is 3.33. The maximum Gasteiger partial charge on any atom is 0.275 e. The molecule has 1 saturated heterocycles. The number of anilines is 2. The second-order valence-electron chi connectivity index (χ2n) is 6.96. The zero-order chi connectivity index (χ0) is 19.3. The van der Waals surface area contributed by atoms with Gasteiger partial charge in [0, 0.05) is 29.7 Å². The van der Waals surface area contributed by atoms with Crippen LogP contribution in [0.4, 0.5) is 11.5 Å². The van der Waals surface area contributed by atoms with Crippen LogP contribution in [0.2, 0.25) is 0 Å². The van der Waals surface area contributed by atoms with E-state index >= 15 is 0 Å². The average Bonchev–Trinajstić information content (AvgIpc) is 2.99. The highest BCUT2D eigenvalue weighted by Gasteiger charge is 2.12. The number of carbonyl (C=O) groups excluding carboxylic acids is 1. The van der Waals surface area contributed by atoms with Crippen molar-refractivity contribution in [2.45, 2.75) is 32.6 Å². The summed E-state index contributed by atoms with van der Waals surface area (Å²) in [6.07, 6.45) is 5.04. The van der Waals surface area contributed by atoms with Crippen LogP contribution in [0.25, 0.3) is 11.3 Å². The fourth-order valence-corrected chi connectivity index (χ4v) is 3.93. The normalized spacial score (nSPS) is 14.5. The minimum absolute atomic E-state index is 0.196. The maximum atomic E-state index is 12.2. The first-order chi connectivity index (χ1) is 13.7. The molecule has 1 N–H and O–H groups in total. The van der Waals surface area contributed by atoms with Gasteiger partial charge in [-0.3, -0.25) is 4.79 Å². The Morgan fingerprint density at radius 3 is 2.36 bits per heavy atom. The van der Waals surface area contributed by atoms with Gasteiger partial charge in [0.05, 0.1) is 10.7 Å². The van der Waals surface area contributed by atoms with Crippen LogP contribution >= 0.6 is 11.3 Å². The Kier molecular flexibility index (Phi) is 5.62. The van der Waals surface area contributed by atoms with Crippen molar-refractivity contribution >= 4 is 28.7 Å². The van der Waals surface area contributed by atoms with E-state index in [1.807, 2.05) is 43.3 Å². The number of aryl methyl sites for hydroxylation is 1. The summed E-state index contributed by atoms with van der Waals surface area (Å²) in [5.41, 5.74) is 2.97. The minimum Gasteiger partial charge on any atom is -0.355 e. The monoisotopic (exact) mass is 393 g/mol. The molecule has 3 heterocycles. The summed E-state index contributed by atoms with van der Waals surface area (Å²) in [7, 11) is 0. The van der Waals surface area contributed by atoms with Gasteiger partial charge in [-0.1, -0.05) is 25.0 Å². The summed E-state index contributed by atoms with van der Waals surface area (Å²) in [5.74, 6) is 0.756. The third-order valence-corrected chi connectivity index (χ3v) is 5.64. The lowest BCUT2D eigenvalue weighted by Gasteiger charge is -2.20. The Balaban J connectivity index is 1.42. The maximum absolute atomic E-state index is 12.2. The zero-order valence-corrected chi connectivity index (χ0v) is 16.7. The van der Waals surface area contributed by atoms with E-state index in [4.69, 9.17) is 0 Å². The first-order valence-corrected chi connectivity index (χ1v) is 10.5. The first-order valence-electron chi connectivity index (χ1n) is 9.62. The lowest BCUT2D eigenvalue weighted by molar-refractivity contribution is 0.102. The number of nitrogens with zero attached hydrogens (tertiary/aromatic N) is 4. The van der Waals surface area contributed by atoms with Crippen LogP contribution in [0.15, 0.2) is 41.8 Å². The molecule has 0 bridgehead atoms. The molecule has 1 amide bonds. The number of nitrogens with one attached hydrogen (secondary N) is 1. The van der Waals surface area contributed by atoms with E-state index in [9.17, 15) is 4.79 Å². The molecular weight excluding hydrogens is 370 g/mol. The van der Waals surface area contributed by atoms with E-state index < -0.39 is 0 Å². The molecule has 2 aromatic heterocycles. The summed E-state index contributed by atoms with van der Waals surface area (Å²) in [5, 5.41) is 14.4. The van der Waals surface area contributed by atoms with Crippen LogP contribution in [0.3, 0.4) is 0 Å². The molecule has 0 spiro atoms. The van der Waals surface area contributed by atoms with Gasteiger partial charge in [0.25, 0.3) is 5.91 Å². The van der Waals surface area contributed by atoms with E-state index in [0.29, 0.717) is 5.69 Å². The third kappa shape index (κ3) is 4.36. The molecule has 0 saturated carbocycles. The van der Waals surface area contributed by atoms with Crippen molar-refractivity contribution in [3.8, 4) is 11.3 Å². The number of carbonyl (C=O) groups is 1. The van der Waals surface area contributed by atoms with Crippen LogP contribution in [0.5, 0.6) is 0 Å². The van der Waals surface area contributed by atoms with Gasteiger partial charge in [-0.25, -0.2) is 4.98 Å². The molecule has 1 fully saturated rings. The number of hydrogen-bond acceptors (Lipinski definition) is 6. The van der Waals surface area contributed by atoms with Crippen molar-refractivity contribution in [1.29, 1.82) is 0 Å². The highest BCUT2D eigenvalue weighted by Crippen LogP contribution is 2.22. The highest BCUT2D eigenvalue weighted by molar-refractivity contribution is 7.09. The lowest BCUT2D eigenvalue weighted by Crippen LogP contribution is -2.25. The standard InChI is InChI=1S/C21H23N5OS/c1-15-22-19(14-28-15)21(27)23-17-8-6-16(7-9-17)18-10-11-20(25-24-18)26-12-4-2-3-5-13-26/h6-11,14H,2-5,12-13H2,1H3,(H,23,27). The fraction of sp³-hybridized carbons (Fsp3) is 0.333. The van der Waals surface area contributed by atoms with E-state index in [0.717, 1.165) is 40.9 Å². The molecule has 7 heteroatoms. The van der Waals surface area contributed by atoms with Gasteiger partial charge in [0.1, 0.15) is 5.69 Å². The van der Waals surface area contributed by atoms with Gasteiger partial charge < -0.3 is 10.2 Å². The van der Waals surface area contributed by atoms with Gasteiger partial charge >= 0.3 is 0 Å². The molecule has 0 radical (unpaired) electrons. The molecule has 28 heavy (non-hydrogen) atoms. The van der Waals surface area contributed by atoms with Crippen LogP contribution < -0.4 is 10.2 Å². The molecule has 1 aromatic carbocycles. The van der Waals surface area contributed by atoms with E-state index in [-0.39, 0.29) is 5.91 Å². The molecule has 0 unspecified atom stereocenters. The second-order valence-corrected chi connectivity index (χ2v) is 8.02. The smallest absolute Gasteiger partial charge is 0.275 e. The largest absolute Gasteiger partial charge is 0.355 e. The van der Waals surface area contributed by atoms with Gasteiger partial charge in [-0.15, -0.1) is 21.5 Å². The SMILES string of the molecule is Cc1nc(C(=O)Nc2ccc(-c3ccc(N4CCCCCC4)nn3)cc2)cs1.